The predicted molar refractivity (Wildman–Crippen MR) is 102 cm³/mol. The summed E-state index contributed by atoms with van der Waals surface area (Å²) < 4.78 is 0. The Morgan fingerprint density at radius 3 is 2.41 bits per heavy atom. The molecule has 1 fully saturated rings. The lowest BCUT2D eigenvalue weighted by Crippen LogP contribution is -2.43. The van der Waals surface area contributed by atoms with Gasteiger partial charge in [-0.05, 0) is 36.6 Å². The van der Waals surface area contributed by atoms with Gasteiger partial charge in [0, 0.05) is 43.2 Å². The molecule has 1 aromatic rings. The van der Waals surface area contributed by atoms with Crippen molar-refractivity contribution in [1.82, 2.24) is 10.2 Å². The lowest BCUT2D eigenvalue weighted by Gasteiger charge is -2.28. The maximum Gasteiger partial charge on any atom is 0.129 e. The first-order valence-electron chi connectivity index (χ1n) is 8.06. The summed E-state index contributed by atoms with van der Waals surface area (Å²) in [7, 11) is -1.36. The third kappa shape index (κ3) is 4.63. The summed E-state index contributed by atoms with van der Waals surface area (Å²) in [5, 5.41) is 3.41. The highest BCUT2D eigenvalue weighted by atomic mass is 32.1. The number of piperazine rings is 1. The minimum absolute atomic E-state index is 1.00. The molecule has 1 aliphatic rings. The Kier molecular flexibility index (Phi) is 5.79. The highest BCUT2D eigenvalue weighted by Gasteiger charge is 2.15. The molecule has 1 aromatic carbocycles. The van der Waals surface area contributed by atoms with Gasteiger partial charge in [-0.15, -0.1) is 18.2 Å². The predicted octanol–water partition coefficient (Wildman–Crippen LogP) is 3.23. The van der Waals surface area contributed by atoms with E-state index in [0.717, 1.165) is 43.2 Å². The van der Waals surface area contributed by atoms with E-state index >= 15 is 0 Å². The van der Waals surface area contributed by atoms with Gasteiger partial charge in [0.2, 0.25) is 0 Å². The maximum atomic E-state index is 4.75. The molecule has 0 radical (unpaired) electrons. The van der Waals surface area contributed by atoms with Crippen LogP contribution in [0.1, 0.15) is 22.3 Å². The highest BCUT2D eigenvalue weighted by molar-refractivity contribution is 7.80. The fourth-order valence-corrected chi connectivity index (χ4v) is 3.38. The van der Waals surface area contributed by atoms with Crippen LogP contribution in [0.15, 0.2) is 11.0 Å². The second-order valence-corrected chi connectivity index (χ2v) is 12.4. The van der Waals surface area contributed by atoms with Crippen LogP contribution in [-0.4, -0.2) is 39.2 Å². The van der Waals surface area contributed by atoms with Crippen LogP contribution in [0, 0.1) is 25.3 Å². The Labute approximate surface area is 142 Å². The third-order valence-electron chi connectivity index (χ3n) is 4.09. The van der Waals surface area contributed by atoms with Crippen LogP contribution in [0.3, 0.4) is 0 Å². The molecule has 0 unspecified atom stereocenters. The zero-order valence-corrected chi connectivity index (χ0v) is 16.4. The first kappa shape index (κ1) is 17.6. The molecule has 1 N–H and O–H groups in total. The van der Waals surface area contributed by atoms with Crippen LogP contribution in [0.5, 0.6) is 0 Å². The Morgan fingerprint density at radius 1 is 1.18 bits per heavy atom. The van der Waals surface area contributed by atoms with Gasteiger partial charge in [0.1, 0.15) is 8.07 Å². The average molecular weight is 333 g/mol. The van der Waals surface area contributed by atoms with Gasteiger partial charge < -0.3 is 5.32 Å². The topological polar surface area (TPSA) is 15.3 Å². The molecule has 0 amide bonds. The molecule has 1 saturated heterocycles. The van der Waals surface area contributed by atoms with Crippen molar-refractivity contribution in [3.8, 4) is 11.5 Å². The van der Waals surface area contributed by atoms with Gasteiger partial charge in [0.15, 0.2) is 0 Å². The van der Waals surface area contributed by atoms with Crippen LogP contribution in [0.25, 0.3) is 0 Å². The molecule has 0 aromatic heterocycles. The van der Waals surface area contributed by atoms with Crippen molar-refractivity contribution < 1.29 is 0 Å². The van der Waals surface area contributed by atoms with Crippen molar-refractivity contribution in [2.24, 2.45) is 0 Å². The van der Waals surface area contributed by atoms with Gasteiger partial charge >= 0.3 is 0 Å². The van der Waals surface area contributed by atoms with E-state index in [1.165, 1.54) is 16.7 Å². The normalized spacial score (nSPS) is 16.3. The van der Waals surface area contributed by atoms with Gasteiger partial charge in [-0.2, -0.15) is 0 Å². The number of nitrogens with zero attached hydrogens (tertiary/aromatic N) is 1. The second kappa shape index (κ2) is 7.23. The number of hydrogen-bond acceptors (Lipinski definition) is 3. The molecule has 120 valence electrons. The van der Waals surface area contributed by atoms with E-state index in [9.17, 15) is 0 Å². The Balaban J connectivity index is 2.33. The molecule has 0 bridgehead atoms. The largest absolute Gasteiger partial charge is 0.314 e. The molecule has 0 spiro atoms. The molecule has 1 aliphatic heterocycles. The SMILES string of the molecule is Cc1c(C#C[Si](C)(C)C)cc(CN2CCNCC2)c(C)c1S. The molecule has 4 heteroatoms. The number of hydrogen-bond donors (Lipinski definition) is 2. The summed E-state index contributed by atoms with van der Waals surface area (Å²) >= 11 is 4.75. The quantitative estimate of drug-likeness (QED) is 0.491. The van der Waals surface area contributed by atoms with Crippen LogP contribution < -0.4 is 5.32 Å². The van der Waals surface area contributed by atoms with Crippen molar-refractivity contribution in [2.75, 3.05) is 26.2 Å². The fraction of sp³-hybridized carbons (Fsp3) is 0.556. The first-order chi connectivity index (χ1) is 10.3. The van der Waals surface area contributed by atoms with Gasteiger partial charge in [-0.25, -0.2) is 0 Å². The number of rotatable bonds is 2. The van der Waals surface area contributed by atoms with Crippen molar-refractivity contribution >= 4 is 20.7 Å². The third-order valence-corrected chi connectivity index (χ3v) is 5.64. The minimum Gasteiger partial charge on any atom is -0.314 e. The van der Waals surface area contributed by atoms with E-state index < -0.39 is 8.07 Å². The zero-order valence-electron chi connectivity index (χ0n) is 14.5. The Morgan fingerprint density at radius 2 is 1.82 bits per heavy atom. The first-order valence-corrected chi connectivity index (χ1v) is 12.0. The fourth-order valence-electron chi connectivity index (χ4n) is 2.61. The van der Waals surface area contributed by atoms with E-state index in [2.05, 4.69) is 61.2 Å². The molecular weight excluding hydrogens is 304 g/mol. The molecule has 2 nitrogen and oxygen atoms in total. The molecule has 0 aliphatic carbocycles. The van der Waals surface area contributed by atoms with E-state index in [4.69, 9.17) is 12.6 Å². The molecule has 22 heavy (non-hydrogen) atoms. The zero-order chi connectivity index (χ0) is 16.3. The summed E-state index contributed by atoms with van der Waals surface area (Å²) in [5.74, 6) is 3.43. The summed E-state index contributed by atoms with van der Waals surface area (Å²) in [6.07, 6.45) is 0. The van der Waals surface area contributed by atoms with Gasteiger partial charge in [-0.3, -0.25) is 4.90 Å². The Hall–Kier alpha value is -0.733. The maximum absolute atomic E-state index is 4.75. The van der Waals surface area contributed by atoms with Gasteiger partial charge in [-0.1, -0.05) is 25.6 Å². The number of benzene rings is 1. The summed E-state index contributed by atoms with van der Waals surface area (Å²) in [5.41, 5.74) is 8.54. The average Bonchev–Trinajstić information content (AvgIpc) is 2.47. The standard InChI is InChI=1S/C18H28N2SSi/c1-14-16(6-11-22(3,4)5)12-17(15(2)18(14)21)13-20-9-7-19-8-10-20/h12,19,21H,7-10,13H2,1-5H3. The molecule has 0 saturated carbocycles. The molecule has 2 rings (SSSR count). The van der Waals surface area contributed by atoms with Crippen molar-refractivity contribution in [3.63, 3.8) is 0 Å². The van der Waals surface area contributed by atoms with Crippen molar-refractivity contribution in [1.29, 1.82) is 0 Å². The minimum atomic E-state index is -1.36. The number of thiol groups is 1. The second-order valence-electron chi connectivity index (χ2n) is 7.21. The van der Waals surface area contributed by atoms with E-state index in [-0.39, 0.29) is 0 Å². The molecule has 0 atom stereocenters. The van der Waals surface area contributed by atoms with Gasteiger partial charge in [0.05, 0.1) is 0 Å². The highest BCUT2D eigenvalue weighted by Crippen LogP contribution is 2.26. The molecular formula is C18H28N2SSi. The summed E-state index contributed by atoms with van der Waals surface area (Å²) in [6.45, 7) is 16.6. The van der Waals surface area contributed by atoms with Crippen LogP contribution in [0.2, 0.25) is 19.6 Å². The van der Waals surface area contributed by atoms with Crippen molar-refractivity contribution in [3.05, 3.63) is 28.3 Å². The number of nitrogens with one attached hydrogen (secondary N) is 1. The van der Waals surface area contributed by atoms with Gasteiger partial charge in [0.25, 0.3) is 0 Å². The molecule has 1 heterocycles. The monoisotopic (exact) mass is 332 g/mol. The van der Waals surface area contributed by atoms with Crippen molar-refractivity contribution in [2.45, 2.75) is 44.9 Å². The van der Waals surface area contributed by atoms with E-state index in [0.29, 0.717) is 0 Å². The van der Waals surface area contributed by atoms with E-state index in [1.807, 2.05) is 0 Å². The Bertz CT molecular complexity index is 602. The summed E-state index contributed by atoms with van der Waals surface area (Å²) in [4.78, 5) is 3.62. The smallest absolute Gasteiger partial charge is 0.129 e. The van der Waals surface area contributed by atoms with E-state index in [1.54, 1.807) is 0 Å². The lowest BCUT2D eigenvalue weighted by molar-refractivity contribution is 0.232. The lowest BCUT2D eigenvalue weighted by atomic mass is 9.99. The van der Waals surface area contributed by atoms with Crippen LogP contribution in [-0.2, 0) is 6.54 Å². The van der Waals surface area contributed by atoms with Crippen LogP contribution in [0.4, 0.5) is 0 Å². The summed E-state index contributed by atoms with van der Waals surface area (Å²) in [6, 6.07) is 2.29. The van der Waals surface area contributed by atoms with Crippen LogP contribution >= 0.6 is 12.6 Å².